The summed E-state index contributed by atoms with van der Waals surface area (Å²) in [5, 5.41) is 2.05. The maximum absolute atomic E-state index is 6.49. The lowest BCUT2D eigenvalue weighted by atomic mass is 10.4. The zero-order chi connectivity index (χ0) is 10.7. The van der Waals surface area contributed by atoms with Crippen LogP contribution in [-0.2, 0) is 0 Å². The molecule has 16 heavy (non-hydrogen) atoms. The molecule has 0 aromatic heterocycles. The lowest BCUT2D eigenvalue weighted by molar-refractivity contribution is 1.74. The predicted molar refractivity (Wildman–Crippen MR) is 80.9 cm³/mol. The van der Waals surface area contributed by atoms with Gasteiger partial charge in [-0.1, -0.05) is 60.7 Å². The molecule has 0 saturated heterocycles. The second kappa shape index (κ2) is 5.68. The molecule has 0 amide bonds. The molecule has 0 radical (unpaired) electrons. The molecule has 0 aliphatic rings. The van der Waals surface area contributed by atoms with Gasteiger partial charge in [0.2, 0.25) is 0 Å². The summed E-state index contributed by atoms with van der Waals surface area (Å²) >= 11 is 13.0. The molecule has 0 spiro atoms. The Kier molecular flexibility index (Phi) is 4.80. The molecule has 84 valence electrons. The van der Waals surface area contributed by atoms with Crippen molar-refractivity contribution >= 4 is 50.2 Å². The predicted octanol–water partition coefficient (Wildman–Crippen LogP) is 1.27. The van der Waals surface area contributed by atoms with Crippen LogP contribution in [0.15, 0.2) is 60.7 Å². The van der Waals surface area contributed by atoms with Crippen LogP contribution < -0.4 is 10.4 Å². The van der Waals surface area contributed by atoms with Crippen molar-refractivity contribution in [2.45, 2.75) is 0 Å². The van der Waals surface area contributed by atoms with E-state index in [1.807, 2.05) is 60.7 Å². The molecule has 0 bridgehead atoms. The van der Waals surface area contributed by atoms with Gasteiger partial charge in [0, 0.05) is 0 Å². The molecule has 0 fully saturated rings. The average molecular weight is 285 g/mol. The maximum atomic E-state index is 6.49. The first-order valence-corrected chi connectivity index (χ1v) is 8.72. The molecule has 0 aliphatic heterocycles. The molecule has 4 heteroatoms. The van der Waals surface area contributed by atoms with E-state index in [0.717, 1.165) is 10.4 Å². The fraction of sp³-hybridized carbons (Fsp3) is 0. The van der Waals surface area contributed by atoms with Crippen LogP contribution in [0.4, 0.5) is 0 Å². The molecule has 0 atom stereocenters. The molecule has 0 nitrogen and oxygen atoms in total. The summed E-state index contributed by atoms with van der Waals surface area (Å²) in [6, 6.07) is 19.7. The van der Waals surface area contributed by atoms with Crippen molar-refractivity contribution in [1.82, 2.24) is 0 Å². The highest BCUT2D eigenvalue weighted by Gasteiger charge is 2.32. The monoisotopic (exact) mass is 284 g/mol. The van der Waals surface area contributed by atoms with Crippen molar-refractivity contribution < 1.29 is 0 Å². The van der Waals surface area contributed by atoms with Crippen molar-refractivity contribution in [3.8, 4) is 0 Å². The number of benzene rings is 2. The van der Waals surface area contributed by atoms with Gasteiger partial charge in [-0.25, -0.2) is 0 Å². The van der Waals surface area contributed by atoms with Crippen LogP contribution in [0.25, 0.3) is 0 Å². The SMILES string of the molecule is Cl[Si](Cl)(c1ccccc1)c1ccccc1.[SiH4]. The van der Waals surface area contributed by atoms with E-state index in [1.165, 1.54) is 0 Å². The molecular weight excluding hydrogens is 271 g/mol. The van der Waals surface area contributed by atoms with Gasteiger partial charge in [0.05, 0.1) is 0 Å². The molecule has 2 rings (SSSR count). The van der Waals surface area contributed by atoms with E-state index in [9.17, 15) is 0 Å². The first-order valence-electron chi connectivity index (χ1n) is 4.70. The maximum Gasteiger partial charge on any atom is 0.310 e. The van der Waals surface area contributed by atoms with Crippen LogP contribution in [0.5, 0.6) is 0 Å². The van der Waals surface area contributed by atoms with Crippen LogP contribution in [0.1, 0.15) is 0 Å². The van der Waals surface area contributed by atoms with Crippen LogP contribution in [0.3, 0.4) is 0 Å². The van der Waals surface area contributed by atoms with E-state index >= 15 is 0 Å². The van der Waals surface area contributed by atoms with Crippen molar-refractivity contribution in [3.05, 3.63) is 60.7 Å². The fourth-order valence-electron chi connectivity index (χ4n) is 1.46. The standard InChI is InChI=1S/C12H10Cl2Si.H4Si/c13-15(14,11-7-3-1-4-8-11)12-9-5-2-6-10-12;/h1-10H;1H4. The smallest absolute Gasteiger partial charge is 0.134 e. The van der Waals surface area contributed by atoms with Crippen molar-refractivity contribution in [2.24, 2.45) is 0 Å². The quantitative estimate of drug-likeness (QED) is 0.576. The number of halogens is 2. The van der Waals surface area contributed by atoms with E-state index in [4.69, 9.17) is 22.2 Å². The molecule has 0 N–H and O–H groups in total. The zero-order valence-corrected chi connectivity index (χ0v) is 10.5. The Morgan fingerprint density at radius 2 is 0.938 bits per heavy atom. The highest BCUT2D eigenvalue weighted by Crippen LogP contribution is 2.14. The number of hydrogen-bond acceptors (Lipinski definition) is 0. The summed E-state index contributed by atoms with van der Waals surface area (Å²) in [6.45, 7) is -2.51. The highest BCUT2D eigenvalue weighted by atomic mass is 35.7. The first kappa shape index (κ1) is 13.5. The minimum absolute atomic E-state index is 0. The summed E-state index contributed by atoms with van der Waals surface area (Å²) in [5.74, 6) is 0. The van der Waals surface area contributed by atoms with Crippen LogP contribution >= 0.6 is 22.2 Å². The molecule has 2 aromatic rings. The van der Waals surface area contributed by atoms with Gasteiger partial charge in [0.15, 0.2) is 0 Å². The van der Waals surface area contributed by atoms with Crippen LogP contribution in [0.2, 0.25) is 0 Å². The van der Waals surface area contributed by atoms with Crippen molar-refractivity contribution in [2.75, 3.05) is 0 Å². The van der Waals surface area contributed by atoms with E-state index < -0.39 is 6.69 Å². The number of rotatable bonds is 2. The minimum atomic E-state index is -2.51. The van der Waals surface area contributed by atoms with Gasteiger partial charge < -0.3 is 0 Å². The second-order valence-electron chi connectivity index (χ2n) is 3.31. The average Bonchev–Trinajstić information content (AvgIpc) is 2.31. The molecule has 2 aromatic carbocycles. The van der Waals surface area contributed by atoms with E-state index in [-0.39, 0.29) is 11.0 Å². The summed E-state index contributed by atoms with van der Waals surface area (Å²) in [7, 11) is 0. The lowest BCUT2D eigenvalue weighted by Gasteiger charge is -2.17. The lowest BCUT2D eigenvalue weighted by Crippen LogP contribution is -2.48. The largest absolute Gasteiger partial charge is 0.310 e. The summed E-state index contributed by atoms with van der Waals surface area (Å²) in [5.41, 5.74) is 0. The van der Waals surface area contributed by atoms with Gasteiger partial charge >= 0.3 is 6.69 Å². The molecule has 0 saturated carbocycles. The third-order valence-electron chi connectivity index (χ3n) is 2.27. The first-order chi connectivity index (χ1) is 7.21. The van der Waals surface area contributed by atoms with Crippen LogP contribution in [-0.4, -0.2) is 17.7 Å². The van der Waals surface area contributed by atoms with Gasteiger partial charge in [-0.05, 0) is 21.3 Å². The van der Waals surface area contributed by atoms with Crippen molar-refractivity contribution in [1.29, 1.82) is 0 Å². The van der Waals surface area contributed by atoms with Gasteiger partial charge in [-0.2, -0.15) is 0 Å². The molecule has 0 aliphatic carbocycles. The Labute approximate surface area is 111 Å². The minimum Gasteiger partial charge on any atom is -0.134 e. The summed E-state index contributed by atoms with van der Waals surface area (Å²) in [4.78, 5) is 0. The Bertz CT molecular complexity index is 388. The Morgan fingerprint density at radius 1 is 0.625 bits per heavy atom. The molecule has 0 unspecified atom stereocenters. The zero-order valence-electron chi connectivity index (χ0n) is 8.03. The Balaban J connectivity index is 0.00000128. The van der Waals surface area contributed by atoms with Gasteiger partial charge in [0.25, 0.3) is 0 Å². The van der Waals surface area contributed by atoms with Gasteiger partial charge in [0.1, 0.15) is 0 Å². The Morgan fingerprint density at radius 3 is 1.25 bits per heavy atom. The fourth-order valence-corrected chi connectivity index (χ4v) is 4.53. The highest BCUT2D eigenvalue weighted by molar-refractivity contribution is 7.56. The van der Waals surface area contributed by atoms with Gasteiger partial charge in [-0.15, -0.1) is 22.2 Å². The Hall–Kier alpha value is -0.546. The van der Waals surface area contributed by atoms with E-state index in [1.54, 1.807) is 0 Å². The van der Waals surface area contributed by atoms with E-state index in [0.29, 0.717) is 0 Å². The second-order valence-corrected chi connectivity index (χ2v) is 9.59. The summed E-state index contributed by atoms with van der Waals surface area (Å²) < 4.78 is 0. The van der Waals surface area contributed by atoms with Crippen molar-refractivity contribution in [3.63, 3.8) is 0 Å². The molecular formula is C12H14Cl2Si2. The third kappa shape index (κ3) is 2.77. The topological polar surface area (TPSA) is 0 Å². The summed E-state index contributed by atoms with van der Waals surface area (Å²) in [6.07, 6.45) is 0. The van der Waals surface area contributed by atoms with Crippen LogP contribution in [0, 0.1) is 0 Å². The normalized spacial score (nSPS) is 10.6. The number of hydrogen-bond donors (Lipinski definition) is 0. The third-order valence-corrected chi connectivity index (χ3v) is 7.01. The van der Waals surface area contributed by atoms with Gasteiger partial charge in [-0.3, -0.25) is 0 Å². The molecule has 0 heterocycles. The van der Waals surface area contributed by atoms with E-state index in [2.05, 4.69) is 0 Å².